The van der Waals surface area contributed by atoms with Gasteiger partial charge in [0.15, 0.2) is 5.65 Å². The number of unbranched alkanes of at least 4 members (excludes halogenated alkanes) is 5. The van der Waals surface area contributed by atoms with Crippen molar-refractivity contribution in [3.8, 4) is 0 Å². The monoisotopic (exact) mass is 290 g/mol. The highest BCUT2D eigenvalue weighted by atomic mass is 15.2. The lowest BCUT2D eigenvalue weighted by molar-refractivity contribution is 0.656. The molecule has 1 N–H and O–H groups in total. The molecule has 0 bridgehead atoms. The van der Waals surface area contributed by atoms with Crippen molar-refractivity contribution in [1.82, 2.24) is 14.6 Å². The van der Waals surface area contributed by atoms with Gasteiger partial charge < -0.3 is 5.32 Å². The second-order valence-electron chi connectivity index (χ2n) is 5.29. The third-order valence-corrected chi connectivity index (χ3v) is 3.30. The van der Waals surface area contributed by atoms with Crippen LogP contribution in [0.25, 0.3) is 5.65 Å². The first-order valence-electron chi connectivity index (χ1n) is 8.36. The van der Waals surface area contributed by atoms with Crippen LogP contribution in [0.5, 0.6) is 0 Å². The summed E-state index contributed by atoms with van der Waals surface area (Å²) in [5.74, 6) is 0.923. The van der Waals surface area contributed by atoms with Crippen LogP contribution >= 0.6 is 0 Å². The van der Waals surface area contributed by atoms with E-state index >= 15 is 0 Å². The van der Waals surface area contributed by atoms with Gasteiger partial charge in [0.25, 0.3) is 0 Å². The summed E-state index contributed by atoms with van der Waals surface area (Å²) in [6.07, 6.45) is 13.0. The zero-order valence-electron chi connectivity index (χ0n) is 13.8. The lowest BCUT2D eigenvalue weighted by Crippen LogP contribution is -2.03. The number of nitrogens with zero attached hydrogens (tertiary/aromatic N) is 3. The van der Waals surface area contributed by atoms with Crippen LogP contribution in [0.4, 0.5) is 5.82 Å². The van der Waals surface area contributed by atoms with Crippen LogP contribution in [0.1, 0.15) is 65.7 Å². The Labute approximate surface area is 129 Å². The van der Waals surface area contributed by atoms with Crippen LogP contribution < -0.4 is 5.32 Å². The average Bonchev–Trinajstić information content (AvgIpc) is 2.96. The molecule has 0 atom stereocenters. The fourth-order valence-electron chi connectivity index (χ4n) is 1.98. The van der Waals surface area contributed by atoms with Crippen molar-refractivity contribution in [2.75, 3.05) is 11.9 Å². The molecule has 0 aromatic carbocycles. The minimum absolute atomic E-state index is 0.881. The number of hydrogen-bond acceptors (Lipinski definition) is 3. The maximum Gasteiger partial charge on any atom is 0.157 e. The van der Waals surface area contributed by atoms with Gasteiger partial charge in [0.05, 0.1) is 6.20 Å². The number of fused-ring (bicyclic) bond motifs is 1. The lowest BCUT2D eigenvalue weighted by atomic mass is 10.2. The fourth-order valence-corrected chi connectivity index (χ4v) is 1.98. The molecule has 0 saturated heterocycles. The molecule has 0 spiro atoms. The van der Waals surface area contributed by atoms with Crippen LogP contribution in [0.2, 0.25) is 0 Å². The summed E-state index contributed by atoms with van der Waals surface area (Å²) < 4.78 is 1.75. The predicted octanol–water partition coefficient (Wildman–Crippen LogP) is 4.92. The minimum Gasteiger partial charge on any atom is -0.370 e. The quantitative estimate of drug-likeness (QED) is 0.702. The predicted molar refractivity (Wildman–Crippen MR) is 90.8 cm³/mol. The molecule has 0 fully saturated rings. The second-order valence-corrected chi connectivity index (χ2v) is 5.29. The standard InChI is InChI=1S/C10H14N4.C7H16/c1-2-3-6-11-9-5-8-14-10(13-9)4-7-12-14;1-3-5-7-6-4-2/h4-5,7-8H,2-3,6H2,1H3,(H,11,13);3-7H2,1-2H3. The molecule has 0 unspecified atom stereocenters. The first-order valence-corrected chi connectivity index (χ1v) is 8.36. The van der Waals surface area contributed by atoms with E-state index in [1.807, 2.05) is 18.3 Å². The largest absolute Gasteiger partial charge is 0.370 e. The van der Waals surface area contributed by atoms with Crippen molar-refractivity contribution < 1.29 is 0 Å². The van der Waals surface area contributed by atoms with E-state index < -0.39 is 0 Å². The lowest BCUT2D eigenvalue weighted by Gasteiger charge is -2.03. The third-order valence-electron chi connectivity index (χ3n) is 3.30. The Bertz CT molecular complexity index is 474. The molecular weight excluding hydrogens is 260 g/mol. The van der Waals surface area contributed by atoms with E-state index in [4.69, 9.17) is 0 Å². The Morgan fingerprint density at radius 2 is 1.67 bits per heavy atom. The Morgan fingerprint density at radius 3 is 2.33 bits per heavy atom. The van der Waals surface area contributed by atoms with Crippen molar-refractivity contribution in [1.29, 1.82) is 0 Å². The highest BCUT2D eigenvalue weighted by Crippen LogP contribution is 2.05. The first kappa shape index (κ1) is 17.5. The van der Waals surface area contributed by atoms with Gasteiger partial charge in [0.2, 0.25) is 0 Å². The Balaban J connectivity index is 0.000000270. The summed E-state index contributed by atoms with van der Waals surface area (Å²) in [5.41, 5.74) is 0.881. The van der Waals surface area contributed by atoms with E-state index in [1.165, 1.54) is 44.9 Å². The van der Waals surface area contributed by atoms with Gasteiger partial charge in [-0.15, -0.1) is 0 Å². The van der Waals surface area contributed by atoms with Gasteiger partial charge in [0.1, 0.15) is 5.82 Å². The van der Waals surface area contributed by atoms with Gasteiger partial charge in [-0.1, -0.05) is 59.3 Å². The van der Waals surface area contributed by atoms with Gasteiger partial charge in [-0.2, -0.15) is 5.10 Å². The van der Waals surface area contributed by atoms with Gasteiger partial charge in [-0.05, 0) is 12.5 Å². The molecule has 0 amide bonds. The molecule has 0 aliphatic carbocycles. The molecule has 2 rings (SSSR count). The van der Waals surface area contributed by atoms with E-state index in [-0.39, 0.29) is 0 Å². The molecule has 4 heteroatoms. The molecule has 4 nitrogen and oxygen atoms in total. The van der Waals surface area contributed by atoms with Gasteiger partial charge in [-0.3, -0.25) is 0 Å². The normalized spacial score (nSPS) is 10.2. The summed E-state index contributed by atoms with van der Waals surface area (Å²) in [4.78, 5) is 4.40. The summed E-state index contributed by atoms with van der Waals surface area (Å²) in [5, 5.41) is 7.36. The molecule has 21 heavy (non-hydrogen) atoms. The summed E-state index contributed by atoms with van der Waals surface area (Å²) in [7, 11) is 0. The number of rotatable bonds is 8. The molecule has 0 aliphatic rings. The fraction of sp³-hybridized carbons (Fsp3) is 0.647. The Kier molecular flexibility index (Phi) is 9.25. The average molecular weight is 290 g/mol. The maximum atomic E-state index is 4.40. The van der Waals surface area contributed by atoms with Crippen LogP contribution in [-0.4, -0.2) is 21.1 Å². The zero-order chi connectivity index (χ0) is 15.3. The van der Waals surface area contributed by atoms with Gasteiger partial charge in [0, 0.05) is 18.8 Å². The highest BCUT2D eigenvalue weighted by Gasteiger charge is 1.96. The van der Waals surface area contributed by atoms with Crippen molar-refractivity contribution >= 4 is 11.5 Å². The van der Waals surface area contributed by atoms with Crippen LogP contribution in [-0.2, 0) is 0 Å². The van der Waals surface area contributed by atoms with Crippen molar-refractivity contribution in [2.45, 2.75) is 65.7 Å². The maximum absolute atomic E-state index is 4.40. The van der Waals surface area contributed by atoms with E-state index in [1.54, 1.807) is 10.7 Å². The Morgan fingerprint density at radius 1 is 0.952 bits per heavy atom. The SMILES string of the molecule is CCCCCCC.CCCCNc1ccn2nccc2n1. The molecule has 2 heterocycles. The molecule has 0 aliphatic heterocycles. The minimum atomic E-state index is 0.881. The molecule has 118 valence electrons. The third kappa shape index (κ3) is 7.11. The summed E-state index contributed by atoms with van der Waals surface area (Å²) in [6, 6.07) is 3.83. The van der Waals surface area contributed by atoms with Crippen LogP contribution in [0.3, 0.4) is 0 Å². The number of anilines is 1. The Hall–Kier alpha value is -1.58. The zero-order valence-corrected chi connectivity index (χ0v) is 13.8. The van der Waals surface area contributed by atoms with Crippen LogP contribution in [0.15, 0.2) is 24.5 Å². The summed E-state index contributed by atoms with van der Waals surface area (Å²) >= 11 is 0. The van der Waals surface area contributed by atoms with Crippen molar-refractivity contribution in [3.05, 3.63) is 24.5 Å². The summed E-state index contributed by atoms with van der Waals surface area (Å²) in [6.45, 7) is 7.65. The van der Waals surface area contributed by atoms with E-state index in [0.29, 0.717) is 0 Å². The molecule has 2 aromatic rings. The molecule has 2 aromatic heterocycles. The smallest absolute Gasteiger partial charge is 0.157 e. The highest BCUT2D eigenvalue weighted by molar-refractivity contribution is 5.45. The number of aromatic nitrogens is 3. The number of nitrogens with one attached hydrogen (secondary N) is 1. The second kappa shape index (κ2) is 11.1. The topological polar surface area (TPSA) is 42.2 Å². The number of hydrogen-bond donors (Lipinski definition) is 1. The first-order chi connectivity index (χ1) is 10.3. The van der Waals surface area contributed by atoms with Crippen molar-refractivity contribution in [2.24, 2.45) is 0 Å². The van der Waals surface area contributed by atoms with E-state index in [2.05, 4.69) is 36.2 Å². The molecular formula is C17H30N4. The van der Waals surface area contributed by atoms with E-state index in [0.717, 1.165) is 18.0 Å². The van der Waals surface area contributed by atoms with Crippen LogP contribution in [0, 0.1) is 0 Å². The molecule has 0 saturated carbocycles. The van der Waals surface area contributed by atoms with Gasteiger partial charge >= 0.3 is 0 Å². The molecule has 0 radical (unpaired) electrons. The van der Waals surface area contributed by atoms with E-state index in [9.17, 15) is 0 Å². The van der Waals surface area contributed by atoms with Gasteiger partial charge in [-0.25, -0.2) is 9.50 Å². The van der Waals surface area contributed by atoms with Crippen molar-refractivity contribution in [3.63, 3.8) is 0 Å².